The number of benzene rings is 3. The van der Waals surface area contributed by atoms with E-state index >= 15 is 0 Å². The molecule has 0 spiro atoms. The van der Waals surface area contributed by atoms with Gasteiger partial charge in [-0.15, -0.1) is 0 Å². The topological polar surface area (TPSA) is 74.9 Å². The summed E-state index contributed by atoms with van der Waals surface area (Å²) in [6.07, 6.45) is 11.0. The number of carboxylic acid groups (broad SMARTS) is 1. The minimum Gasteiger partial charge on any atom is -0.480 e. The first-order valence-corrected chi connectivity index (χ1v) is 13.7. The van der Waals surface area contributed by atoms with Crippen LogP contribution in [0.25, 0.3) is 33.6 Å². The number of para-hydroxylation sites is 1. The van der Waals surface area contributed by atoms with E-state index < -0.39 is 12.5 Å². The van der Waals surface area contributed by atoms with Crippen molar-refractivity contribution < 1.29 is 14.7 Å². The average molecular weight is 532 g/mol. The molecule has 0 unspecified atom stereocenters. The van der Waals surface area contributed by atoms with Crippen LogP contribution in [0.2, 0.25) is 0 Å². The van der Waals surface area contributed by atoms with Crippen molar-refractivity contribution in [3.05, 3.63) is 108 Å². The molecule has 0 bridgehead atoms. The lowest BCUT2D eigenvalue weighted by Gasteiger charge is -2.12. The molecule has 3 aromatic carbocycles. The summed E-state index contributed by atoms with van der Waals surface area (Å²) in [5.74, 6) is -0.935. The highest BCUT2D eigenvalue weighted by atomic mass is 16.4. The summed E-state index contributed by atoms with van der Waals surface area (Å²) in [6.45, 7) is 5.93. The molecule has 0 aliphatic carbocycles. The highest BCUT2D eigenvalue weighted by molar-refractivity contribution is 6.25. The van der Waals surface area contributed by atoms with Gasteiger partial charge < -0.3 is 9.67 Å². The van der Waals surface area contributed by atoms with Gasteiger partial charge in [0.2, 0.25) is 0 Å². The van der Waals surface area contributed by atoms with Gasteiger partial charge in [-0.3, -0.25) is 9.59 Å². The molecule has 1 atom stereocenters. The number of hydrogen-bond donors (Lipinski definition) is 1. The molecule has 1 aliphatic heterocycles. The monoisotopic (exact) mass is 531 g/mol. The van der Waals surface area contributed by atoms with E-state index in [1.54, 1.807) is 12.2 Å². The second-order valence-electron chi connectivity index (χ2n) is 10.0. The molecular weight excluding hydrogens is 498 g/mol. The summed E-state index contributed by atoms with van der Waals surface area (Å²) in [5, 5.41) is 16.5. The van der Waals surface area contributed by atoms with Gasteiger partial charge >= 0.3 is 5.97 Å². The Morgan fingerprint density at radius 1 is 0.950 bits per heavy atom. The number of allylic oxidation sites excluding steroid dienone is 4. The van der Waals surface area contributed by atoms with Crippen LogP contribution in [0.4, 0.5) is 0 Å². The Labute approximate surface area is 234 Å². The number of aliphatic carboxylic acids is 1. The fourth-order valence-electron chi connectivity index (χ4n) is 5.11. The molecule has 0 saturated carbocycles. The first kappa shape index (κ1) is 26.9. The van der Waals surface area contributed by atoms with Crippen LogP contribution in [0, 0.1) is 0 Å². The molecule has 1 aromatic heterocycles. The molecule has 0 radical (unpaired) electrons. The Bertz CT molecular complexity index is 1700. The minimum atomic E-state index is -1.09. The predicted octanol–water partition coefficient (Wildman–Crippen LogP) is 7.49. The minimum absolute atomic E-state index is 0.385. The third-order valence-corrected chi connectivity index (χ3v) is 7.44. The normalized spacial score (nSPS) is 15.8. The van der Waals surface area contributed by atoms with Gasteiger partial charge in [-0.1, -0.05) is 81.5 Å². The van der Waals surface area contributed by atoms with Crippen molar-refractivity contribution in [3.8, 4) is 5.69 Å². The number of fused-ring (bicyclic) bond motifs is 3. The number of amides is 1. The Balaban J connectivity index is 1.41. The molecule has 40 heavy (non-hydrogen) atoms. The van der Waals surface area contributed by atoms with E-state index in [1.807, 2.05) is 25.2 Å². The number of hydrazone groups is 1. The molecule has 1 amide bonds. The third-order valence-electron chi connectivity index (χ3n) is 7.44. The van der Waals surface area contributed by atoms with Crippen LogP contribution in [0.5, 0.6) is 0 Å². The molecule has 6 heteroatoms. The highest BCUT2D eigenvalue weighted by Crippen LogP contribution is 2.33. The van der Waals surface area contributed by atoms with E-state index in [2.05, 4.69) is 90.2 Å². The van der Waals surface area contributed by atoms with Crippen molar-refractivity contribution in [1.82, 2.24) is 9.58 Å². The zero-order chi connectivity index (χ0) is 28.2. The molecule has 5 rings (SSSR count). The van der Waals surface area contributed by atoms with Gasteiger partial charge in [0.1, 0.15) is 6.54 Å². The van der Waals surface area contributed by atoms with E-state index in [-0.39, 0.29) is 5.91 Å². The zero-order valence-electron chi connectivity index (χ0n) is 23.0. The van der Waals surface area contributed by atoms with Gasteiger partial charge in [0.05, 0.1) is 22.3 Å². The number of rotatable bonds is 9. The maximum atomic E-state index is 12.5. The Hall–Kier alpha value is -4.71. The lowest BCUT2D eigenvalue weighted by molar-refractivity contribution is -0.142. The summed E-state index contributed by atoms with van der Waals surface area (Å²) < 4.78 is 2.32. The van der Waals surface area contributed by atoms with Crippen molar-refractivity contribution in [2.24, 2.45) is 5.10 Å². The van der Waals surface area contributed by atoms with E-state index in [9.17, 15) is 9.59 Å². The summed E-state index contributed by atoms with van der Waals surface area (Å²) in [7, 11) is 0. The summed E-state index contributed by atoms with van der Waals surface area (Å²) in [6, 6.07) is 23.9. The van der Waals surface area contributed by atoms with Crippen LogP contribution in [0.3, 0.4) is 0 Å². The second kappa shape index (κ2) is 11.6. The molecule has 2 heterocycles. The van der Waals surface area contributed by atoms with E-state index in [0.717, 1.165) is 28.2 Å². The van der Waals surface area contributed by atoms with Gasteiger partial charge in [0.25, 0.3) is 5.91 Å². The van der Waals surface area contributed by atoms with Crippen LogP contribution in [0.15, 0.2) is 102 Å². The van der Waals surface area contributed by atoms with Crippen molar-refractivity contribution in [2.75, 3.05) is 6.54 Å². The van der Waals surface area contributed by atoms with Crippen LogP contribution < -0.4 is 0 Å². The van der Waals surface area contributed by atoms with Gasteiger partial charge in [0.15, 0.2) is 0 Å². The summed E-state index contributed by atoms with van der Waals surface area (Å²) in [5.41, 5.74) is 6.93. The first-order valence-electron chi connectivity index (χ1n) is 13.7. The van der Waals surface area contributed by atoms with Crippen LogP contribution in [-0.4, -0.2) is 38.8 Å². The smallest absolute Gasteiger partial charge is 0.325 e. The van der Waals surface area contributed by atoms with Crippen LogP contribution >= 0.6 is 0 Å². The van der Waals surface area contributed by atoms with Gasteiger partial charge in [-0.2, -0.15) is 5.10 Å². The Morgan fingerprint density at radius 2 is 1.70 bits per heavy atom. The lowest BCUT2D eigenvalue weighted by Crippen LogP contribution is -2.28. The number of carbonyl (C=O) groups is 2. The summed E-state index contributed by atoms with van der Waals surface area (Å²) in [4.78, 5) is 23.5. The summed E-state index contributed by atoms with van der Waals surface area (Å²) >= 11 is 0. The molecule has 202 valence electrons. The number of hydrogen-bond acceptors (Lipinski definition) is 3. The molecule has 0 saturated heterocycles. The van der Waals surface area contributed by atoms with Crippen molar-refractivity contribution in [1.29, 1.82) is 0 Å². The fraction of sp³-hybridized carbons (Fsp3) is 0.206. The molecule has 6 nitrogen and oxygen atoms in total. The van der Waals surface area contributed by atoms with Crippen molar-refractivity contribution in [3.63, 3.8) is 0 Å². The molecule has 0 fully saturated rings. The maximum Gasteiger partial charge on any atom is 0.325 e. The predicted molar refractivity (Wildman–Crippen MR) is 163 cm³/mol. The number of carbonyl (C=O) groups excluding carboxylic acids is 1. The number of carboxylic acids is 1. The lowest BCUT2D eigenvalue weighted by atomic mass is 9.98. The standard InChI is InChI=1S/C34H33N3O3/c1-4-23(3)25-16-18-26(19-17-25)37-31-14-10-9-12-27(31)29-21-24(15-20-32(29)37)11-7-6-8-13-28-30(5-2)35-36(34(28)40)22-33(38)39/h6-21,23H,4-5,22H2,1-3H3,(H,38,39)/b8-6+,11-7+,28-13+/t23-/m1/s1. The van der Waals surface area contributed by atoms with E-state index in [4.69, 9.17) is 5.11 Å². The molecule has 1 N–H and O–H groups in total. The highest BCUT2D eigenvalue weighted by Gasteiger charge is 2.29. The van der Waals surface area contributed by atoms with Gasteiger partial charge in [0, 0.05) is 16.5 Å². The van der Waals surface area contributed by atoms with Crippen molar-refractivity contribution >= 4 is 45.5 Å². The largest absolute Gasteiger partial charge is 0.480 e. The number of aromatic nitrogens is 1. The Morgan fingerprint density at radius 3 is 2.42 bits per heavy atom. The molecule has 1 aliphatic rings. The zero-order valence-corrected chi connectivity index (χ0v) is 23.0. The van der Waals surface area contributed by atoms with Crippen molar-refractivity contribution in [2.45, 2.75) is 39.5 Å². The SMILES string of the molecule is CCC1=NN(CC(=O)O)C(=O)/C1=C/C=C/C=C/c1ccc2c(c1)c1ccccc1n2-c1ccc([C@H](C)CC)cc1. The number of nitrogens with zero attached hydrogens (tertiary/aromatic N) is 3. The maximum absolute atomic E-state index is 12.5. The second-order valence-corrected chi connectivity index (χ2v) is 10.0. The average Bonchev–Trinajstić information content (AvgIpc) is 3.45. The quantitative estimate of drug-likeness (QED) is 0.180. The fourth-order valence-corrected chi connectivity index (χ4v) is 5.11. The van der Waals surface area contributed by atoms with Crippen LogP contribution in [0.1, 0.15) is 50.7 Å². The van der Waals surface area contributed by atoms with E-state index in [0.29, 0.717) is 23.6 Å². The van der Waals surface area contributed by atoms with Gasteiger partial charge in [-0.05, 0) is 66.3 Å². The van der Waals surface area contributed by atoms with E-state index in [1.165, 1.54) is 21.9 Å². The Kier molecular flexibility index (Phi) is 7.78. The van der Waals surface area contributed by atoms with Gasteiger partial charge in [-0.25, -0.2) is 5.01 Å². The van der Waals surface area contributed by atoms with Crippen LogP contribution in [-0.2, 0) is 9.59 Å². The molecule has 4 aromatic rings. The third kappa shape index (κ3) is 5.25. The first-order chi connectivity index (χ1) is 19.4. The molecular formula is C34H33N3O3.